The number of carbonyl (C=O) groups is 1. The second-order valence-corrected chi connectivity index (χ2v) is 8.22. The molecule has 0 saturated carbocycles. The van der Waals surface area contributed by atoms with Crippen molar-refractivity contribution >= 4 is 28.9 Å². The minimum Gasteiger partial charge on any atom is -0.349 e. The summed E-state index contributed by atoms with van der Waals surface area (Å²) in [5.74, 6) is -0.700. The van der Waals surface area contributed by atoms with Gasteiger partial charge in [0.25, 0.3) is 17.3 Å². The van der Waals surface area contributed by atoms with Crippen LogP contribution in [0.15, 0.2) is 12.1 Å². The van der Waals surface area contributed by atoms with Crippen molar-refractivity contribution in [2.45, 2.75) is 57.7 Å². The van der Waals surface area contributed by atoms with Crippen LogP contribution in [0.3, 0.4) is 0 Å². The van der Waals surface area contributed by atoms with E-state index in [-0.39, 0.29) is 11.6 Å². The average Bonchev–Trinajstić information content (AvgIpc) is 2.51. The third-order valence-electron chi connectivity index (χ3n) is 4.62. The lowest BCUT2D eigenvalue weighted by molar-refractivity contribution is -0.393. The summed E-state index contributed by atoms with van der Waals surface area (Å²) in [6.45, 7) is 7.05. The van der Waals surface area contributed by atoms with Crippen molar-refractivity contribution in [3.8, 4) is 0 Å². The van der Waals surface area contributed by atoms with E-state index in [0.29, 0.717) is 12.8 Å². The van der Waals surface area contributed by atoms with E-state index in [4.69, 9.17) is 11.6 Å². The number of carbonyl (C=O) groups excluding carboxylic acids is 1. The zero-order valence-corrected chi connectivity index (χ0v) is 16.1. The third-order valence-corrected chi connectivity index (χ3v) is 5.00. The van der Waals surface area contributed by atoms with Crippen molar-refractivity contribution < 1.29 is 19.8 Å². The van der Waals surface area contributed by atoms with Crippen LogP contribution in [-0.2, 0) is 5.21 Å². The molecule has 0 bridgehead atoms. The Bertz CT molecular complexity index is 757. The first-order chi connectivity index (χ1) is 12.3. The summed E-state index contributed by atoms with van der Waals surface area (Å²) in [6.07, 6.45) is 0.729. The van der Waals surface area contributed by atoms with E-state index in [1.807, 2.05) is 0 Å². The van der Waals surface area contributed by atoms with Crippen molar-refractivity contribution in [3.05, 3.63) is 42.9 Å². The molecule has 1 fully saturated rings. The summed E-state index contributed by atoms with van der Waals surface area (Å²) in [5, 5.41) is 37.7. The molecule has 1 aromatic rings. The molecule has 0 aromatic heterocycles. The van der Waals surface area contributed by atoms with E-state index < -0.39 is 43.2 Å². The Morgan fingerprint density at radius 3 is 1.89 bits per heavy atom. The average molecular weight is 400 g/mol. The number of rotatable bonds is 4. The number of nitro groups is 2. The molecule has 1 aromatic carbocycles. The van der Waals surface area contributed by atoms with Gasteiger partial charge in [-0.2, -0.15) is 0 Å². The molecule has 0 atom stereocenters. The molecule has 1 radical (unpaired) electrons. The minimum absolute atomic E-state index is 0.238. The lowest BCUT2D eigenvalue weighted by atomic mass is 9.79. The van der Waals surface area contributed by atoms with Crippen LogP contribution in [0.2, 0.25) is 5.02 Å². The highest BCUT2D eigenvalue weighted by Gasteiger charge is 2.46. The Balaban J connectivity index is 2.33. The van der Waals surface area contributed by atoms with Crippen molar-refractivity contribution in [3.63, 3.8) is 0 Å². The number of nitro benzene ring substituents is 2. The molecule has 1 saturated heterocycles. The third kappa shape index (κ3) is 4.18. The Kier molecular flexibility index (Phi) is 5.46. The topological polar surface area (TPSA) is 139 Å². The SMILES string of the molecule is CC1(C)CC(NC(=O)c2cc([N+](=O)[O-])c(Cl)c([N+](=O)[O-])c2)CC(C)(C)N1[O]. The molecule has 2 rings (SSSR count). The first kappa shape index (κ1) is 21.0. The first-order valence-electron chi connectivity index (χ1n) is 8.17. The number of hydrogen-bond acceptors (Lipinski definition) is 6. The van der Waals surface area contributed by atoms with Gasteiger partial charge in [0.2, 0.25) is 0 Å². The van der Waals surface area contributed by atoms with Gasteiger partial charge in [0.05, 0.1) is 15.4 Å². The Hall–Kier alpha value is -2.30. The second-order valence-electron chi connectivity index (χ2n) is 7.84. The van der Waals surface area contributed by atoms with Gasteiger partial charge in [-0.1, -0.05) is 11.6 Å². The van der Waals surface area contributed by atoms with E-state index in [0.717, 1.165) is 17.2 Å². The Morgan fingerprint density at radius 1 is 1.11 bits per heavy atom. The van der Waals surface area contributed by atoms with Gasteiger partial charge < -0.3 is 5.32 Å². The smallest absolute Gasteiger partial charge is 0.295 e. The zero-order valence-electron chi connectivity index (χ0n) is 15.3. The van der Waals surface area contributed by atoms with E-state index in [1.165, 1.54) is 0 Å². The fraction of sp³-hybridized carbons (Fsp3) is 0.562. The van der Waals surface area contributed by atoms with Crippen LogP contribution < -0.4 is 5.32 Å². The second kappa shape index (κ2) is 7.02. The molecule has 11 heteroatoms. The summed E-state index contributed by atoms with van der Waals surface area (Å²) in [7, 11) is 0. The molecule has 0 spiro atoms. The van der Waals surface area contributed by atoms with E-state index >= 15 is 0 Å². The summed E-state index contributed by atoms with van der Waals surface area (Å²) >= 11 is 5.70. The fourth-order valence-electron chi connectivity index (χ4n) is 3.63. The number of hydrogen-bond donors (Lipinski definition) is 1. The quantitative estimate of drug-likeness (QED) is 0.608. The van der Waals surface area contributed by atoms with Gasteiger partial charge in [-0.25, -0.2) is 0 Å². The number of piperidine rings is 1. The normalized spacial score (nSPS) is 19.5. The predicted octanol–water partition coefficient (Wildman–Crippen LogP) is 3.25. The molecule has 1 amide bonds. The highest BCUT2D eigenvalue weighted by molar-refractivity contribution is 6.35. The maximum Gasteiger partial charge on any atom is 0.295 e. The molecule has 1 heterocycles. The molecule has 0 unspecified atom stereocenters. The highest BCUT2D eigenvalue weighted by Crippen LogP contribution is 2.38. The molecule has 0 aliphatic carbocycles. The van der Waals surface area contributed by atoms with Crippen LogP contribution in [-0.4, -0.2) is 37.9 Å². The van der Waals surface area contributed by atoms with Gasteiger partial charge in [0.1, 0.15) is 0 Å². The lowest BCUT2D eigenvalue weighted by Gasteiger charge is -2.49. The molecule has 1 aliphatic heterocycles. The molecule has 1 aliphatic rings. The maximum absolute atomic E-state index is 12.6. The number of nitrogens with zero attached hydrogens (tertiary/aromatic N) is 3. The van der Waals surface area contributed by atoms with Crippen molar-refractivity contribution in [1.29, 1.82) is 0 Å². The van der Waals surface area contributed by atoms with Gasteiger partial charge in [0.15, 0.2) is 5.02 Å². The fourth-order valence-corrected chi connectivity index (χ4v) is 3.87. The van der Waals surface area contributed by atoms with Crippen molar-refractivity contribution in [1.82, 2.24) is 10.4 Å². The van der Waals surface area contributed by atoms with Crippen molar-refractivity contribution in [2.75, 3.05) is 0 Å². The molecule has 27 heavy (non-hydrogen) atoms. The summed E-state index contributed by atoms with van der Waals surface area (Å²) in [5.41, 5.74) is -3.12. The largest absolute Gasteiger partial charge is 0.349 e. The monoisotopic (exact) mass is 399 g/mol. The Morgan fingerprint density at radius 2 is 1.52 bits per heavy atom. The van der Waals surface area contributed by atoms with E-state index in [9.17, 15) is 30.2 Å². The molecular weight excluding hydrogens is 380 g/mol. The summed E-state index contributed by atoms with van der Waals surface area (Å²) in [6, 6.07) is 1.44. The number of benzene rings is 1. The highest BCUT2D eigenvalue weighted by atomic mass is 35.5. The van der Waals surface area contributed by atoms with Crippen LogP contribution in [0.4, 0.5) is 11.4 Å². The first-order valence-corrected chi connectivity index (χ1v) is 8.55. The molecule has 147 valence electrons. The van der Waals surface area contributed by atoms with Crippen LogP contribution >= 0.6 is 11.6 Å². The van der Waals surface area contributed by atoms with Crippen LogP contribution in [0.5, 0.6) is 0 Å². The van der Waals surface area contributed by atoms with Gasteiger partial charge in [-0.15, -0.1) is 10.3 Å². The maximum atomic E-state index is 12.6. The zero-order chi connectivity index (χ0) is 20.7. The standard InChI is InChI=1S/C16H20ClN4O6/c1-15(2)7-10(8-16(3,4)21(15)27)18-14(22)9-5-11(19(23)24)13(17)12(6-9)20(25)26/h5-6,10H,7-8H2,1-4H3,(H,18,22). The van der Waals surface area contributed by atoms with Crippen LogP contribution in [0.1, 0.15) is 50.9 Å². The number of hydroxylamine groups is 2. The molecular formula is C16H20ClN4O6. The van der Waals surface area contributed by atoms with Gasteiger partial charge in [-0.3, -0.25) is 25.0 Å². The van der Waals surface area contributed by atoms with Crippen molar-refractivity contribution in [2.24, 2.45) is 0 Å². The van der Waals surface area contributed by atoms with E-state index in [1.54, 1.807) is 27.7 Å². The summed E-state index contributed by atoms with van der Waals surface area (Å²) in [4.78, 5) is 33.0. The summed E-state index contributed by atoms with van der Waals surface area (Å²) < 4.78 is 0. The van der Waals surface area contributed by atoms with Crippen LogP contribution in [0, 0.1) is 20.2 Å². The minimum atomic E-state index is -0.881. The molecule has 10 nitrogen and oxygen atoms in total. The number of halogens is 1. The van der Waals surface area contributed by atoms with Crippen LogP contribution in [0.25, 0.3) is 0 Å². The van der Waals surface area contributed by atoms with Gasteiger partial charge in [0, 0.05) is 29.3 Å². The van der Waals surface area contributed by atoms with E-state index in [2.05, 4.69) is 5.32 Å². The molecule has 1 N–H and O–H groups in total. The number of amides is 1. The predicted molar refractivity (Wildman–Crippen MR) is 95.9 cm³/mol. The number of nitrogens with one attached hydrogen (secondary N) is 1. The van der Waals surface area contributed by atoms with Gasteiger partial charge >= 0.3 is 0 Å². The van der Waals surface area contributed by atoms with Gasteiger partial charge in [-0.05, 0) is 40.5 Å². The lowest BCUT2D eigenvalue weighted by Crippen LogP contribution is -2.62. The Labute approximate surface area is 160 Å².